The molecule has 188 valence electrons. The van der Waals surface area contributed by atoms with Gasteiger partial charge >= 0.3 is 0 Å². The zero-order chi connectivity index (χ0) is 25.7. The van der Waals surface area contributed by atoms with E-state index in [9.17, 15) is 5.11 Å². The number of nitrogens with one attached hydrogen (secondary N) is 1. The van der Waals surface area contributed by atoms with E-state index in [1.54, 1.807) is 6.20 Å². The van der Waals surface area contributed by atoms with Gasteiger partial charge in [0.2, 0.25) is 0 Å². The molecule has 1 aromatic carbocycles. The van der Waals surface area contributed by atoms with Crippen LogP contribution in [0.3, 0.4) is 0 Å². The molecule has 1 aliphatic heterocycles. The van der Waals surface area contributed by atoms with Crippen molar-refractivity contribution in [3.8, 4) is 22.5 Å². The van der Waals surface area contributed by atoms with E-state index in [1.165, 1.54) is 5.56 Å². The lowest BCUT2D eigenvalue weighted by atomic mass is 9.62. The van der Waals surface area contributed by atoms with Gasteiger partial charge in [0.1, 0.15) is 5.60 Å². The molecular weight excluding hydrogens is 446 g/mol. The predicted molar refractivity (Wildman–Crippen MR) is 145 cm³/mol. The van der Waals surface area contributed by atoms with Crippen LogP contribution in [0.2, 0.25) is 0 Å². The number of H-pyrrole nitrogens is 1. The molecule has 0 saturated carbocycles. The summed E-state index contributed by atoms with van der Waals surface area (Å²) in [5, 5.41) is 20.3. The lowest BCUT2D eigenvalue weighted by Crippen LogP contribution is -2.63. The van der Waals surface area contributed by atoms with Crippen LogP contribution in [-0.4, -0.2) is 49.9 Å². The highest BCUT2D eigenvalue weighted by atomic mass is 16.3. The topological polar surface area (TPSA) is 70.0 Å². The number of rotatable bonds is 7. The first-order valence-corrected chi connectivity index (χ1v) is 12.8. The highest BCUT2D eigenvalue weighted by Gasteiger charge is 2.55. The van der Waals surface area contributed by atoms with E-state index in [-0.39, 0.29) is 5.41 Å². The number of aliphatic hydroxyl groups is 1. The number of nitrogens with zero attached hydrogens (tertiary/aromatic N) is 4. The third-order valence-electron chi connectivity index (χ3n) is 7.76. The first-order chi connectivity index (χ1) is 17.1. The summed E-state index contributed by atoms with van der Waals surface area (Å²) in [6.07, 6.45) is 7.84. The van der Waals surface area contributed by atoms with E-state index in [2.05, 4.69) is 115 Å². The van der Waals surface area contributed by atoms with E-state index < -0.39 is 5.60 Å². The molecule has 1 fully saturated rings. The maximum Gasteiger partial charge on any atom is 0.124 e. The van der Waals surface area contributed by atoms with E-state index in [0.29, 0.717) is 12.0 Å². The standard InChI is InChI=1S/C30H37N5O/c1-20(2)22-7-9-25(10-8-22)30(36,29(5)18-34(6)19-29)26-13-24(15-31-16-26)28-14-27(32-33-28)23-11-12-35(17-23)21(3)4/h7-17,20-21,36H,18-19H2,1-6H3,(H,32,33)/t30-/m0/s1. The van der Waals surface area contributed by atoms with Gasteiger partial charge in [-0.05, 0) is 56.1 Å². The van der Waals surface area contributed by atoms with Crippen LogP contribution in [0.4, 0.5) is 0 Å². The van der Waals surface area contributed by atoms with Crippen molar-refractivity contribution in [1.82, 2.24) is 24.6 Å². The van der Waals surface area contributed by atoms with Gasteiger partial charge in [0.25, 0.3) is 0 Å². The fraction of sp³-hybridized carbons (Fsp3) is 0.400. The van der Waals surface area contributed by atoms with E-state index in [0.717, 1.165) is 46.7 Å². The molecule has 5 rings (SSSR count). The lowest BCUT2D eigenvalue weighted by molar-refractivity contribution is -0.127. The summed E-state index contributed by atoms with van der Waals surface area (Å²) in [5.74, 6) is 0.439. The molecule has 1 atom stereocenters. The van der Waals surface area contributed by atoms with Crippen molar-refractivity contribution in [2.24, 2.45) is 5.41 Å². The van der Waals surface area contributed by atoms with Gasteiger partial charge in [0, 0.05) is 66.0 Å². The van der Waals surface area contributed by atoms with Crippen molar-refractivity contribution < 1.29 is 5.11 Å². The molecule has 4 heterocycles. The second-order valence-corrected chi connectivity index (χ2v) is 11.3. The lowest BCUT2D eigenvalue weighted by Gasteiger charge is -2.55. The smallest absolute Gasteiger partial charge is 0.124 e. The molecular formula is C30H37N5O. The van der Waals surface area contributed by atoms with Gasteiger partial charge in [0.05, 0.1) is 11.4 Å². The summed E-state index contributed by atoms with van der Waals surface area (Å²) < 4.78 is 2.18. The molecule has 2 N–H and O–H groups in total. The van der Waals surface area contributed by atoms with Crippen molar-refractivity contribution in [1.29, 1.82) is 0 Å². The first kappa shape index (κ1) is 24.5. The second kappa shape index (κ2) is 9.02. The molecule has 0 radical (unpaired) electrons. The van der Waals surface area contributed by atoms with Crippen molar-refractivity contribution >= 4 is 0 Å². The monoisotopic (exact) mass is 483 g/mol. The van der Waals surface area contributed by atoms with Gasteiger partial charge < -0.3 is 14.6 Å². The summed E-state index contributed by atoms with van der Waals surface area (Å²) in [6.45, 7) is 12.5. The molecule has 6 nitrogen and oxygen atoms in total. The van der Waals surface area contributed by atoms with Crippen molar-refractivity contribution in [2.45, 2.75) is 52.2 Å². The second-order valence-electron chi connectivity index (χ2n) is 11.3. The van der Waals surface area contributed by atoms with Crippen LogP contribution in [0.5, 0.6) is 0 Å². The Morgan fingerprint density at radius 3 is 2.31 bits per heavy atom. The first-order valence-electron chi connectivity index (χ1n) is 12.8. The highest BCUT2D eigenvalue weighted by molar-refractivity contribution is 5.68. The number of benzene rings is 1. The normalized spacial score (nSPS) is 17.4. The van der Waals surface area contributed by atoms with Crippen LogP contribution < -0.4 is 0 Å². The number of aromatic nitrogens is 4. The molecule has 0 aliphatic carbocycles. The number of likely N-dealkylation sites (tertiary alicyclic amines) is 1. The van der Waals surface area contributed by atoms with Crippen LogP contribution in [0.1, 0.15) is 63.3 Å². The van der Waals surface area contributed by atoms with Crippen LogP contribution in [0.25, 0.3) is 22.5 Å². The van der Waals surface area contributed by atoms with Crippen molar-refractivity contribution in [3.05, 3.63) is 83.9 Å². The Kier molecular flexibility index (Phi) is 6.13. The number of aromatic amines is 1. The zero-order valence-electron chi connectivity index (χ0n) is 22.2. The third kappa shape index (κ3) is 4.08. The minimum atomic E-state index is -1.17. The number of hydrogen-bond acceptors (Lipinski definition) is 4. The summed E-state index contributed by atoms with van der Waals surface area (Å²) in [5.41, 5.74) is 5.20. The maximum atomic E-state index is 12.5. The third-order valence-corrected chi connectivity index (χ3v) is 7.76. The minimum absolute atomic E-state index is 0.335. The summed E-state index contributed by atoms with van der Waals surface area (Å²) in [4.78, 5) is 6.81. The van der Waals surface area contributed by atoms with Gasteiger partial charge in [-0.25, -0.2) is 0 Å². The summed E-state index contributed by atoms with van der Waals surface area (Å²) in [6, 6.07) is 15.0. The Labute approximate surface area is 214 Å². The minimum Gasteiger partial charge on any atom is -0.380 e. The molecule has 6 heteroatoms. The number of pyridine rings is 1. The Hall–Kier alpha value is -3.22. The molecule has 1 aliphatic rings. The van der Waals surface area contributed by atoms with E-state index >= 15 is 0 Å². The SMILES string of the molecule is CC(C)c1ccc([C@](O)(c2cncc(-c3cc(-c4ccn(C(C)C)c4)[nH]n3)c2)C2(C)CN(C)C2)cc1. The Morgan fingerprint density at radius 1 is 0.972 bits per heavy atom. The average Bonchev–Trinajstić information content (AvgIpc) is 3.53. The molecule has 0 amide bonds. The molecule has 0 bridgehead atoms. The van der Waals surface area contributed by atoms with Gasteiger partial charge in [0.15, 0.2) is 0 Å². The maximum absolute atomic E-state index is 12.5. The Bertz CT molecular complexity index is 1340. The van der Waals surface area contributed by atoms with Gasteiger partial charge in [-0.1, -0.05) is 45.0 Å². The molecule has 3 aromatic heterocycles. The quantitative estimate of drug-likeness (QED) is 0.347. The van der Waals surface area contributed by atoms with Gasteiger partial charge in [-0.3, -0.25) is 10.1 Å². The molecule has 4 aromatic rings. The fourth-order valence-corrected chi connectivity index (χ4v) is 5.64. The Balaban J connectivity index is 1.54. The van der Waals surface area contributed by atoms with Crippen LogP contribution in [0, 0.1) is 5.41 Å². The van der Waals surface area contributed by atoms with Gasteiger partial charge in [-0.15, -0.1) is 0 Å². The zero-order valence-corrected chi connectivity index (χ0v) is 22.2. The van der Waals surface area contributed by atoms with E-state index in [4.69, 9.17) is 0 Å². The van der Waals surface area contributed by atoms with Gasteiger partial charge in [-0.2, -0.15) is 5.10 Å². The van der Waals surface area contributed by atoms with Crippen LogP contribution in [0.15, 0.2) is 67.3 Å². The summed E-state index contributed by atoms with van der Waals surface area (Å²) in [7, 11) is 2.09. The Morgan fingerprint density at radius 2 is 1.69 bits per heavy atom. The molecule has 36 heavy (non-hydrogen) atoms. The summed E-state index contributed by atoms with van der Waals surface area (Å²) >= 11 is 0. The largest absolute Gasteiger partial charge is 0.380 e. The molecule has 0 unspecified atom stereocenters. The average molecular weight is 484 g/mol. The van der Waals surface area contributed by atoms with E-state index in [1.807, 2.05) is 12.3 Å². The van der Waals surface area contributed by atoms with Crippen LogP contribution in [-0.2, 0) is 5.60 Å². The van der Waals surface area contributed by atoms with Crippen molar-refractivity contribution in [3.63, 3.8) is 0 Å². The number of hydrogen-bond donors (Lipinski definition) is 2. The molecule has 1 saturated heterocycles. The van der Waals surface area contributed by atoms with Crippen molar-refractivity contribution in [2.75, 3.05) is 20.1 Å². The molecule has 0 spiro atoms. The fourth-order valence-electron chi connectivity index (χ4n) is 5.64. The predicted octanol–water partition coefficient (Wildman–Crippen LogP) is 5.83. The highest BCUT2D eigenvalue weighted by Crippen LogP contribution is 2.50. The van der Waals surface area contributed by atoms with Crippen LogP contribution >= 0.6 is 0 Å².